The molecule has 260 valence electrons. The number of aromatic nitrogens is 2. The van der Waals surface area contributed by atoms with Gasteiger partial charge in [-0.3, -0.25) is 9.69 Å². The van der Waals surface area contributed by atoms with Gasteiger partial charge in [0.1, 0.15) is 29.9 Å². The lowest BCUT2D eigenvalue weighted by atomic mass is 9.92. The van der Waals surface area contributed by atoms with Crippen LogP contribution in [0.4, 0.5) is 42.8 Å². The number of thiophene rings is 1. The second-order valence-electron chi connectivity index (χ2n) is 13.2. The molecule has 4 aliphatic heterocycles. The van der Waals surface area contributed by atoms with E-state index in [1.807, 2.05) is 4.90 Å². The van der Waals surface area contributed by atoms with Crippen molar-refractivity contribution in [2.24, 2.45) is 0 Å². The zero-order chi connectivity index (χ0) is 35.3. The minimum Gasteiger partial charge on any atom is -0.461 e. The lowest BCUT2D eigenvalue weighted by molar-refractivity contribution is -0.137. The van der Waals surface area contributed by atoms with E-state index in [0.29, 0.717) is 37.3 Å². The predicted molar refractivity (Wildman–Crippen MR) is 176 cm³/mol. The molecule has 0 aliphatic carbocycles. The van der Waals surface area contributed by atoms with Crippen LogP contribution in [0.1, 0.15) is 31.2 Å². The fraction of sp³-hybridized carbons (Fsp3) is 0.412. The first kappa shape index (κ1) is 32.6. The summed E-state index contributed by atoms with van der Waals surface area (Å²) in [6.45, 7) is 12.7. The van der Waals surface area contributed by atoms with Crippen LogP contribution < -0.4 is 15.4 Å². The fourth-order valence-corrected chi connectivity index (χ4v) is 9.29. The first-order valence-corrected chi connectivity index (χ1v) is 16.9. The van der Waals surface area contributed by atoms with Crippen LogP contribution >= 0.6 is 11.3 Å². The van der Waals surface area contributed by atoms with E-state index >= 15 is 4.39 Å². The number of nitrogens with two attached hydrogens (primary N) is 1. The van der Waals surface area contributed by atoms with Gasteiger partial charge in [0.05, 0.1) is 39.5 Å². The normalized spacial score (nSPS) is 24.8. The molecule has 4 aromatic rings. The minimum absolute atomic E-state index is 0.00320. The van der Waals surface area contributed by atoms with Crippen molar-refractivity contribution in [3.05, 3.63) is 59.5 Å². The molecule has 4 aliphatic rings. The van der Waals surface area contributed by atoms with Crippen molar-refractivity contribution in [2.75, 3.05) is 43.4 Å². The number of hydrogen-bond acceptors (Lipinski definition) is 8. The standard InChI is InChI=1S/C34H29F6N7O2S/c1-3-23(48)46-10-7-21-22(46)14-47(21)31-18-11-19(34(38,39)40)24(17-5-6-20(36)29-25(17)28(42-2)30(41)50-29)26(37)27(18)43-32(44-31)49-15-33-8-4-9-45(33)13-16(35)12-33/h3,5-6,11,16,21-22H,1,4,7-10,12-15,41H2. The number of hydrogen-bond donors (Lipinski definition) is 1. The number of halogens is 6. The Kier molecular flexibility index (Phi) is 7.46. The fourth-order valence-electron chi connectivity index (χ4n) is 8.36. The molecule has 16 heteroatoms. The number of carbonyl (C=O) groups is 1. The smallest absolute Gasteiger partial charge is 0.417 e. The van der Waals surface area contributed by atoms with E-state index in [1.165, 1.54) is 6.08 Å². The summed E-state index contributed by atoms with van der Waals surface area (Å²) in [5, 5.41) is -0.591. The van der Waals surface area contributed by atoms with Crippen molar-refractivity contribution >= 4 is 54.7 Å². The summed E-state index contributed by atoms with van der Waals surface area (Å²) in [4.78, 5) is 30.0. The van der Waals surface area contributed by atoms with Crippen LogP contribution in [0.25, 0.3) is 37.0 Å². The van der Waals surface area contributed by atoms with Crippen LogP contribution in [0.15, 0.2) is 30.9 Å². The van der Waals surface area contributed by atoms with Crippen molar-refractivity contribution in [1.29, 1.82) is 0 Å². The van der Waals surface area contributed by atoms with Gasteiger partial charge in [0.2, 0.25) is 11.6 Å². The SMILES string of the molecule is [C-]#[N+]c1c(N)sc2c(F)ccc(-c3c(C(F)(F)F)cc4c(N5CC6C5CCN6C(=O)C=C)nc(OCC56CCCN5CC(F)C6)nc4c3F)c12. The molecule has 0 bridgehead atoms. The summed E-state index contributed by atoms with van der Waals surface area (Å²) in [6.07, 6.45) is -2.73. The molecule has 4 saturated heterocycles. The van der Waals surface area contributed by atoms with E-state index < -0.39 is 46.2 Å². The number of ether oxygens (including phenoxy) is 1. The Hall–Kier alpha value is -4.62. The lowest BCUT2D eigenvalue weighted by Gasteiger charge is -2.47. The number of alkyl halides is 4. The molecule has 0 spiro atoms. The number of nitrogen functional groups attached to an aromatic ring is 1. The molecule has 2 N–H and O–H groups in total. The number of nitrogens with zero attached hydrogens (tertiary/aromatic N) is 6. The Morgan fingerprint density at radius 2 is 2.02 bits per heavy atom. The van der Waals surface area contributed by atoms with Gasteiger partial charge in [0, 0.05) is 42.4 Å². The molecule has 4 unspecified atom stereocenters. The third kappa shape index (κ3) is 4.80. The Labute approximate surface area is 285 Å². The Morgan fingerprint density at radius 3 is 2.76 bits per heavy atom. The van der Waals surface area contributed by atoms with Gasteiger partial charge < -0.3 is 20.3 Å². The topological polar surface area (TPSA) is 92.2 Å². The van der Waals surface area contributed by atoms with Crippen molar-refractivity contribution in [3.63, 3.8) is 0 Å². The summed E-state index contributed by atoms with van der Waals surface area (Å²) in [5.74, 6) is -2.46. The average molecular weight is 714 g/mol. The van der Waals surface area contributed by atoms with Gasteiger partial charge in [-0.1, -0.05) is 12.6 Å². The van der Waals surface area contributed by atoms with E-state index in [2.05, 4.69) is 21.4 Å². The number of fused-ring (bicyclic) bond motifs is 4. The van der Waals surface area contributed by atoms with E-state index in [-0.39, 0.29) is 87.7 Å². The summed E-state index contributed by atoms with van der Waals surface area (Å²) in [5.41, 5.74) is 1.92. The second-order valence-corrected chi connectivity index (χ2v) is 14.3. The number of benzene rings is 2. The quantitative estimate of drug-likeness (QED) is 0.133. The summed E-state index contributed by atoms with van der Waals surface area (Å²) in [6, 6.07) is 1.81. The molecule has 0 radical (unpaired) electrons. The highest BCUT2D eigenvalue weighted by molar-refractivity contribution is 7.23. The summed E-state index contributed by atoms with van der Waals surface area (Å²) in [7, 11) is 0. The lowest BCUT2D eigenvalue weighted by Crippen LogP contribution is -2.63. The van der Waals surface area contributed by atoms with Crippen molar-refractivity contribution < 1.29 is 35.9 Å². The van der Waals surface area contributed by atoms with E-state index in [1.54, 1.807) is 9.80 Å². The molecule has 9 nitrogen and oxygen atoms in total. The van der Waals surface area contributed by atoms with Gasteiger partial charge in [-0.2, -0.15) is 23.1 Å². The molecule has 8 rings (SSSR count). The monoisotopic (exact) mass is 713 g/mol. The predicted octanol–water partition coefficient (Wildman–Crippen LogP) is 6.87. The Morgan fingerprint density at radius 1 is 1.22 bits per heavy atom. The number of anilines is 2. The molecule has 4 atom stereocenters. The second kappa shape index (κ2) is 11.5. The van der Waals surface area contributed by atoms with Crippen molar-refractivity contribution in [2.45, 2.75) is 55.7 Å². The maximum Gasteiger partial charge on any atom is 0.417 e. The van der Waals surface area contributed by atoms with Crippen LogP contribution in [0.2, 0.25) is 0 Å². The minimum atomic E-state index is -5.11. The van der Waals surface area contributed by atoms with Crippen LogP contribution in [-0.4, -0.2) is 82.3 Å². The maximum atomic E-state index is 17.1. The number of carbonyl (C=O) groups excluding carboxylic acids is 1. The number of likely N-dealkylation sites (tertiary alicyclic amines) is 1. The van der Waals surface area contributed by atoms with Crippen LogP contribution in [0.3, 0.4) is 0 Å². The molecule has 0 saturated carbocycles. The number of rotatable bonds is 6. The summed E-state index contributed by atoms with van der Waals surface area (Å²) < 4.78 is 97.3. The molecule has 50 heavy (non-hydrogen) atoms. The van der Waals surface area contributed by atoms with Gasteiger partial charge in [-0.25, -0.2) is 18.0 Å². The zero-order valence-electron chi connectivity index (χ0n) is 26.4. The Balaban J connectivity index is 1.32. The van der Waals surface area contributed by atoms with Gasteiger partial charge >= 0.3 is 12.2 Å². The highest BCUT2D eigenvalue weighted by atomic mass is 32.1. The molecule has 1 amide bonds. The Bertz CT molecular complexity index is 2150. The van der Waals surface area contributed by atoms with Crippen LogP contribution in [0, 0.1) is 18.2 Å². The first-order chi connectivity index (χ1) is 23.8. The molecule has 2 aromatic carbocycles. The molecule has 6 heterocycles. The largest absolute Gasteiger partial charge is 0.461 e. The van der Waals surface area contributed by atoms with Crippen LogP contribution in [0.5, 0.6) is 6.01 Å². The van der Waals surface area contributed by atoms with E-state index in [0.717, 1.165) is 24.6 Å². The van der Waals surface area contributed by atoms with Gasteiger partial charge in [0.25, 0.3) is 0 Å². The maximum absolute atomic E-state index is 17.1. The molecular weight excluding hydrogens is 684 g/mol. The van der Waals surface area contributed by atoms with Gasteiger partial charge in [-0.05, 0) is 49.6 Å². The third-order valence-corrected chi connectivity index (χ3v) is 11.6. The summed E-state index contributed by atoms with van der Waals surface area (Å²) >= 11 is 0.687. The zero-order valence-corrected chi connectivity index (χ0v) is 27.2. The third-order valence-electron chi connectivity index (χ3n) is 10.6. The molecule has 4 fully saturated rings. The average Bonchev–Trinajstić information content (AvgIpc) is 3.79. The first-order valence-electron chi connectivity index (χ1n) is 16.1. The highest BCUT2D eigenvalue weighted by Crippen LogP contribution is 2.51. The molecular formula is C34H29F6N7O2S. The van der Waals surface area contributed by atoms with Gasteiger partial charge in [-0.15, -0.1) is 11.3 Å². The van der Waals surface area contributed by atoms with Crippen molar-refractivity contribution in [3.8, 4) is 17.1 Å². The van der Waals surface area contributed by atoms with E-state index in [4.69, 9.17) is 17.0 Å². The number of amides is 1. The van der Waals surface area contributed by atoms with Crippen molar-refractivity contribution in [1.82, 2.24) is 19.8 Å². The van der Waals surface area contributed by atoms with Gasteiger partial charge in [0.15, 0.2) is 5.82 Å². The molecule has 2 aromatic heterocycles. The van der Waals surface area contributed by atoms with E-state index in [9.17, 15) is 26.7 Å². The highest BCUT2D eigenvalue weighted by Gasteiger charge is 2.51. The van der Waals surface area contributed by atoms with Crippen LogP contribution in [-0.2, 0) is 11.0 Å².